The van der Waals surface area contributed by atoms with Crippen LogP contribution in [0.1, 0.15) is 47.7 Å². The molecule has 0 unspecified atom stereocenters. The maximum Gasteiger partial charge on any atom is 0.409 e. The fourth-order valence-electron chi connectivity index (χ4n) is 4.22. The van der Waals surface area contributed by atoms with Crippen LogP contribution in [-0.4, -0.2) is 35.7 Å². The lowest BCUT2D eigenvalue weighted by Crippen LogP contribution is -2.37. The highest BCUT2D eigenvalue weighted by Gasteiger charge is 2.26. The molecule has 2 heterocycles. The van der Waals surface area contributed by atoms with Gasteiger partial charge in [-0.15, -0.1) is 0 Å². The predicted molar refractivity (Wildman–Crippen MR) is 107 cm³/mol. The van der Waals surface area contributed by atoms with Crippen molar-refractivity contribution in [1.29, 1.82) is 0 Å². The van der Waals surface area contributed by atoms with Crippen LogP contribution in [-0.2, 0) is 17.6 Å². The Kier molecular flexibility index (Phi) is 4.97. The van der Waals surface area contributed by atoms with Crippen LogP contribution < -0.4 is 0 Å². The molecule has 2 aromatic rings. The molecule has 0 N–H and O–H groups in total. The van der Waals surface area contributed by atoms with Crippen LogP contribution in [0.4, 0.5) is 4.79 Å². The Morgan fingerprint density at radius 2 is 1.89 bits per heavy atom. The number of ether oxygens (including phenoxy) is 1. The first-order chi connectivity index (χ1) is 13.2. The average Bonchev–Trinajstić information content (AvgIpc) is 2.85. The average molecular weight is 362 g/mol. The number of carbonyl (C=O) groups excluding carboxylic acids is 1. The number of pyridine rings is 1. The molecule has 4 rings (SSSR count). The van der Waals surface area contributed by atoms with E-state index in [0.29, 0.717) is 19.7 Å². The van der Waals surface area contributed by atoms with Crippen molar-refractivity contribution in [2.24, 2.45) is 0 Å². The zero-order chi connectivity index (χ0) is 18.8. The van der Waals surface area contributed by atoms with Gasteiger partial charge in [-0.2, -0.15) is 0 Å². The number of hydrogen-bond acceptors (Lipinski definition) is 3. The Bertz CT molecular complexity index is 891. The molecule has 0 spiro atoms. The van der Waals surface area contributed by atoms with E-state index in [2.05, 4.69) is 31.2 Å². The van der Waals surface area contributed by atoms with E-state index in [1.54, 1.807) is 0 Å². The third kappa shape index (κ3) is 3.48. The molecule has 1 aliphatic carbocycles. The van der Waals surface area contributed by atoms with Crippen molar-refractivity contribution in [1.82, 2.24) is 9.88 Å². The monoisotopic (exact) mass is 362 g/mol. The fraction of sp³-hybridized carbons (Fsp3) is 0.391. The van der Waals surface area contributed by atoms with Crippen LogP contribution in [0.5, 0.6) is 0 Å². The molecule has 1 aliphatic heterocycles. The van der Waals surface area contributed by atoms with E-state index < -0.39 is 0 Å². The molecule has 0 saturated carbocycles. The van der Waals surface area contributed by atoms with Crippen LogP contribution in [0, 0.1) is 6.92 Å². The molecule has 0 radical (unpaired) electrons. The van der Waals surface area contributed by atoms with Crippen molar-refractivity contribution in [2.45, 2.75) is 39.5 Å². The van der Waals surface area contributed by atoms with Gasteiger partial charge in [0.15, 0.2) is 0 Å². The number of piperidine rings is 1. The number of aryl methyl sites for hydroxylation is 3. The molecular formula is C23H26N2O2. The van der Waals surface area contributed by atoms with Gasteiger partial charge < -0.3 is 9.64 Å². The number of aromatic nitrogens is 1. The molecule has 1 aromatic heterocycles. The summed E-state index contributed by atoms with van der Waals surface area (Å²) >= 11 is 0. The standard InChI is InChI=1S/C23H26N2O2/c1-3-27-23(26)25-13-10-17(11-14-25)21-20-9-6-16(2)15-19(20)8-7-18-5-4-12-24-22(18)21/h4-6,9,12,15H,3,7-8,10-11,13-14H2,1-2H3. The van der Waals surface area contributed by atoms with Crippen molar-refractivity contribution < 1.29 is 9.53 Å². The topological polar surface area (TPSA) is 42.4 Å². The highest BCUT2D eigenvalue weighted by atomic mass is 16.6. The molecule has 27 heavy (non-hydrogen) atoms. The number of nitrogens with zero attached hydrogens (tertiary/aromatic N) is 2. The van der Waals surface area contributed by atoms with Crippen LogP contribution in [0.15, 0.2) is 42.1 Å². The lowest BCUT2D eigenvalue weighted by Gasteiger charge is -2.29. The van der Waals surface area contributed by atoms with Crippen molar-refractivity contribution >= 4 is 11.7 Å². The van der Waals surface area contributed by atoms with Crippen LogP contribution >= 0.6 is 0 Å². The van der Waals surface area contributed by atoms with E-state index in [-0.39, 0.29) is 6.09 Å². The Morgan fingerprint density at radius 1 is 1.11 bits per heavy atom. The molecule has 1 aromatic carbocycles. The maximum absolute atomic E-state index is 12.0. The lowest BCUT2D eigenvalue weighted by atomic mass is 9.88. The van der Waals surface area contributed by atoms with E-state index in [9.17, 15) is 4.79 Å². The molecule has 4 nitrogen and oxygen atoms in total. The number of benzene rings is 1. The summed E-state index contributed by atoms with van der Waals surface area (Å²) in [5.41, 5.74) is 9.17. The summed E-state index contributed by atoms with van der Waals surface area (Å²) in [5, 5.41) is 0. The summed E-state index contributed by atoms with van der Waals surface area (Å²) in [7, 11) is 0. The van der Waals surface area contributed by atoms with Gasteiger partial charge in [-0.25, -0.2) is 4.79 Å². The summed E-state index contributed by atoms with van der Waals surface area (Å²) in [6, 6.07) is 11.0. The second kappa shape index (κ2) is 7.55. The first-order valence-electron chi connectivity index (χ1n) is 9.85. The molecule has 2 aliphatic rings. The van der Waals surface area contributed by atoms with E-state index >= 15 is 0 Å². The SMILES string of the molecule is CCOC(=O)N1CCC(=C2c3ccc(C)cc3CCc3cccnc32)CC1. The summed E-state index contributed by atoms with van der Waals surface area (Å²) in [4.78, 5) is 18.6. The number of amides is 1. The number of fused-ring (bicyclic) bond motifs is 2. The molecule has 1 amide bonds. The van der Waals surface area contributed by atoms with E-state index in [1.165, 1.54) is 33.4 Å². The fourth-order valence-corrected chi connectivity index (χ4v) is 4.22. The molecular weight excluding hydrogens is 336 g/mol. The number of carbonyl (C=O) groups is 1. The Labute approximate surface area is 160 Å². The van der Waals surface area contributed by atoms with Gasteiger partial charge in [-0.3, -0.25) is 4.98 Å². The van der Waals surface area contributed by atoms with E-state index in [1.807, 2.05) is 24.1 Å². The van der Waals surface area contributed by atoms with Gasteiger partial charge in [-0.05, 0) is 62.3 Å². The van der Waals surface area contributed by atoms with Gasteiger partial charge >= 0.3 is 6.09 Å². The van der Waals surface area contributed by atoms with Crippen LogP contribution in [0.3, 0.4) is 0 Å². The van der Waals surface area contributed by atoms with Crippen LogP contribution in [0.2, 0.25) is 0 Å². The molecule has 140 valence electrons. The van der Waals surface area contributed by atoms with Gasteiger partial charge in [0.1, 0.15) is 0 Å². The summed E-state index contributed by atoms with van der Waals surface area (Å²) in [6.45, 7) is 5.85. The number of hydrogen-bond donors (Lipinski definition) is 0. The molecule has 1 saturated heterocycles. The first-order valence-corrected chi connectivity index (χ1v) is 9.85. The quantitative estimate of drug-likeness (QED) is 0.748. The number of rotatable bonds is 1. The van der Waals surface area contributed by atoms with Gasteiger partial charge in [0.2, 0.25) is 0 Å². The minimum atomic E-state index is -0.197. The highest BCUT2D eigenvalue weighted by molar-refractivity contribution is 5.84. The summed E-state index contributed by atoms with van der Waals surface area (Å²) in [5.74, 6) is 0. The Balaban J connectivity index is 1.76. The zero-order valence-electron chi connectivity index (χ0n) is 16.1. The van der Waals surface area contributed by atoms with E-state index in [0.717, 1.165) is 31.4 Å². The second-order valence-corrected chi connectivity index (χ2v) is 7.34. The van der Waals surface area contributed by atoms with Gasteiger partial charge in [-0.1, -0.05) is 35.4 Å². The van der Waals surface area contributed by atoms with Crippen molar-refractivity contribution in [2.75, 3.05) is 19.7 Å². The minimum absolute atomic E-state index is 0.197. The van der Waals surface area contributed by atoms with Crippen molar-refractivity contribution in [3.05, 3.63) is 70.0 Å². The smallest absolute Gasteiger partial charge is 0.409 e. The van der Waals surface area contributed by atoms with Crippen molar-refractivity contribution in [3.63, 3.8) is 0 Å². The maximum atomic E-state index is 12.0. The third-order valence-corrected chi connectivity index (χ3v) is 5.57. The highest BCUT2D eigenvalue weighted by Crippen LogP contribution is 2.37. The zero-order valence-corrected chi connectivity index (χ0v) is 16.1. The van der Waals surface area contributed by atoms with Gasteiger partial charge in [0.25, 0.3) is 0 Å². The molecule has 1 fully saturated rings. The second-order valence-electron chi connectivity index (χ2n) is 7.34. The lowest BCUT2D eigenvalue weighted by molar-refractivity contribution is 0.104. The normalized spacial score (nSPS) is 16.4. The molecule has 0 atom stereocenters. The van der Waals surface area contributed by atoms with Gasteiger partial charge in [0.05, 0.1) is 12.3 Å². The number of likely N-dealkylation sites (tertiary alicyclic amines) is 1. The third-order valence-electron chi connectivity index (χ3n) is 5.57. The van der Waals surface area contributed by atoms with Gasteiger partial charge in [0, 0.05) is 24.9 Å². The minimum Gasteiger partial charge on any atom is -0.450 e. The summed E-state index contributed by atoms with van der Waals surface area (Å²) in [6.07, 6.45) is 5.51. The van der Waals surface area contributed by atoms with E-state index in [4.69, 9.17) is 9.72 Å². The Hall–Kier alpha value is -2.62. The Morgan fingerprint density at radius 3 is 2.67 bits per heavy atom. The van der Waals surface area contributed by atoms with Crippen LogP contribution in [0.25, 0.3) is 5.57 Å². The van der Waals surface area contributed by atoms with Crippen molar-refractivity contribution in [3.8, 4) is 0 Å². The largest absolute Gasteiger partial charge is 0.450 e. The molecule has 4 heteroatoms. The molecule has 0 bridgehead atoms. The first kappa shape index (κ1) is 17.8. The predicted octanol–water partition coefficient (Wildman–Crippen LogP) is 4.54. The summed E-state index contributed by atoms with van der Waals surface area (Å²) < 4.78 is 5.17.